The number of rotatable bonds is 4. The first-order chi connectivity index (χ1) is 10.4. The normalized spacial score (nSPS) is 11.0. The minimum atomic E-state index is -3.76. The zero-order valence-corrected chi connectivity index (χ0v) is 15.0. The van der Waals surface area contributed by atoms with Crippen LogP contribution in [-0.4, -0.2) is 21.5 Å². The van der Waals surface area contributed by atoms with E-state index >= 15 is 0 Å². The van der Waals surface area contributed by atoms with Gasteiger partial charge in [0.25, 0.3) is 10.0 Å². The van der Waals surface area contributed by atoms with Gasteiger partial charge in [-0.1, -0.05) is 23.8 Å². The van der Waals surface area contributed by atoms with Crippen molar-refractivity contribution >= 4 is 44.5 Å². The molecule has 7 heteroatoms. The number of benzene rings is 2. The van der Waals surface area contributed by atoms with Gasteiger partial charge in [0.2, 0.25) is 0 Å². The molecule has 5 nitrogen and oxygen atoms in total. The average Bonchev–Trinajstić information content (AvgIpc) is 2.54. The largest absolute Gasteiger partial charge is 0.465 e. The van der Waals surface area contributed by atoms with Crippen LogP contribution in [0.2, 0.25) is 0 Å². The molecular formula is C15H14INO4S. The summed E-state index contributed by atoms with van der Waals surface area (Å²) in [4.78, 5) is 11.6. The van der Waals surface area contributed by atoms with Crippen molar-refractivity contribution in [3.63, 3.8) is 0 Å². The molecule has 22 heavy (non-hydrogen) atoms. The molecule has 0 spiro atoms. The zero-order valence-electron chi connectivity index (χ0n) is 12.0. The maximum Gasteiger partial charge on any atom is 0.337 e. The lowest BCUT2D eigenvalue weighted by atomic mass is 10.2. The molecule has 0 aliphatic heterocycles. The number of esters is 1. The number of carbonyl (C=O) groups excluding carboxylic acids is 1. The molecule has 0 atom stereocenters. The van der Waals surface area contributed by atoms with Crippen LogP contribution in [0.25, 0.3) is 0 Å². The van der Waals surface area contributed by atoms with Crippen LogP contribution in [0.5, 0.6) is 0 Å². The Labute approximate surface area is 143 Å². The van der Waals surface area contributed by atoms with Crippen molar-refractivity contribution in [2.24, 2.45) is 0 Å². The predicted octanol–water partition coefficient (Wildman–Crippen LogP) is 3.33. The first kappa shape index (κ1) is 16.8. The molecule has 0 amide bonds. The van der Waals surface area contributed by atoms with Gasteiger partial charge in [-0.25, -0.2) is 15.7 Å². The van der Waals surface area contributed by atoms with Crippen LogP contribution in [0.4, 0.5) is 5.69 Å². The number of halogens is 1. The Kier molecular flexibility index (Phi) is 5.07. The standard InChI is InChI=1S/C15H14INO4S/c1-11-6-8-13(9-7-11)17(16)22(19,20)14-5-3-4-12(10-14)15(18)21-2/h3-10H,1-2H3. The SMILES string of the molecule is COC(=O)c1cccc(S(=O)(=O)N(I)c2ccc(C)cc2)c1. The van der Waals surface area contributed by atoms with Crippen LogP contribution in [0.1, 0.15) is 15.9 Å². The first-order valence-corrected chi connectivity index (χ1v) is 8.73. The second-order valence-electron chi connectivity index (χ2n) is 4.57. The molecule has 0 N–H and O–H groups in total. The van der Waals surface area contributed by atoms with E-state index in [9.17, 15) is 13.2 Å². The van der Waals surface area contributed by atoms with E-state index in [2.05, 4.69) is 4.74 Å². The van der Waals surface area contributed by atoms with E-state index in [1.54, 1.807) is 35.0 Å². The molecule has 0 heterocycles. The number of ether oxygens (including phenoxy) is 1. The fraction of sp³-hybridized carbons (Fsp3) is 0.133. The summed E-state index contributed by atoms with van der Waals surface area (Å²) in [5.41, 5.74) is 1.77. The molecule has 0 fully saturated rings. The van der Waals surface area contributed by atoms with Crippen LogP contribution < -0.4 is 2.52 Å². The van der Waals surface area contributed by atoms with Crippen molar-refractivity contribution in [2.45, 2.75) is 11.8 Å². The van der Waals surface area contributed by atoms with Gasteiger partial charge in [0, 0.05) is 0 Å². The smallest absolute Gasteiger partial charge is 0.337 e. The van der Waals surface area contributed by atoms with Gasteiger partial charge in [-0.15, -0.1) is 0 Å². The molecule has 0 saturated heterocycles. The van der Waals surface area contributed by atoms with E-state index in [1.165, 1.54) is 31.4 Å². The third-order valence-corrected chi connectivity index (χ3v) is 6.60. The van der Waals surface area contributed by atoms with Crippen molar-refractivity contribution in [3.05, 3.63) is 59.7 Å². The van der Waals surface area contributed by atoms with Crippen LogP contribution in [0, 0.1) is 6.92 Å². The molecule has 2 rings (SSSR count). The average molecular weight is 431 g/mol. The monoisotopic (exact) mass is 431 g/mol. The third-order valence-electron chi connectivity index (χ3n) is 3.00. The Morgan fingerprint density at radius 2 is 1.77 bits per heavy atom. The van der Waals surface area contributed by atoms with Gasteiger partial charge in [0.15, 0.2) is 0 Å². The number of hydrogen-bond donors (Lipinski definition) is 0. The van der Waals surface area contributed by atoms with Crippen LogP contribution in [0.15, 0.2) is 53.4 Å². The molecule has 2 aromatic rings. The van der Waals surface area contributed by atoms with Gasteiger partial charge in [-0.2, -0.15) is 0 Å². The van der Waals surface area contributed by atoms with E-state index < -0.39 is 16.0 Å². The van der Waals surface area contributed by atoms with Crippen LogP contribution in [0.3, 0.4) is 0 Å². The van der Waals surface area contributed by atoms with Gasteiger partial charge in [-0.05, 0) is 37.3 Å². The van der Waals surface area contributed by atoms with Crippen LogP contribution >= 0.6 is 22.9 Å². The summed E-state index contributed by atoms with van der Waals surface area (Å²) in [5.74, 6) is -0.576. The Hall–Kier alpha value is -1.61. The lowest BCUT2D eigenvalue weighted by Gasteiger charge is -2.17. The summed E-state index contributed by atoms with van der Waals surface area (Å²) in [6, 6.07) is 12.9. The highest BCUT2D eigenvalue weighted by molar-refractivity contribution is 14.1. The van der Waals surface area contributed by atoms with Gasteiger partial charge < -0.3 is 4.74 Å². The van der Waals surface area contributed by atoms with Crippen molar-refractivity contribution in [3.8, 4) is 0 Å². The molecule has 0 radical (unpaired) electrons. The second kappa shape index (κ2) is 6.66. The van der Waals surface area contributed by atoms with E-state index in [0.717, 1.165) is 8.08 Å². The highest BCUT2D eigenvalue weighted by Crippen LogP contribution is 2.28. The van der Waals surface area contributed by atoms with Crippen molar-refractivity contribution in [1.29, 1.82) is 0 Å². The molecule has 0 saturated carbocycles. The Bertz CT molecular complexity index is 787. The Morgan fingerprint density at radius 1 is 1.14 bits per heavy atom. The van der Waals surface area contributed by atoms with Gasteiger partial charge in [0.1, 0.15) is 0 Å². The minimum Gasteiger partial charge on any atom is -0.465 e. The zero-order chi connectivity index (χ0) is 16.3. The van der Waals surface area contributed by atoms with E-state index in [-0.39, 0.29) is 10.5 Å². The molecule has 116 valence electrons. The fourth-order valence-electron chi connectivity index (χ4n) is 1.79. The lowest BCUT2D eigenvalue weighted by molar-refractivity contribution is 0.0600. The third kappa shape index (κ3) is 3.41. The summed E-state index contributed by atoms with van der Waals surface area (Å²) >= 11 is 1.73. The van der Waals surface area contributed by atoms with Gasteiger partial charge >= 0.3 is 5.97 Å². The number of methoxy groups -OCH3 is 1. The number of aryl methyl sites for hydroxylation is 1. The predicted molar refractivity (Wildman–Crippen MR) is 92.6 cm³/mol. The van der Waals surface area contributed by atoms with E-state index in [1.807, 2.05) is 19.1 Å². The summed E-state index contributed by atoms with van der Waals surface area (Å²) in [5, 5.41) is 0. The number of anilines is 1. The summed E-state index contributed by atoms with van der Waals surface area (Å²) in [7, 11) is -2.51. The maximum absolute atomic E-state index is 12.6. The summed E-state index contributed by atoms with van der Waals surface area (Å²) < 4.78 is 31.1. The molecule has 0 aliphatic rings. The molecule has 0 bridgehead atoms. The summed E-state index contributed by atoms with van der Waals surface area (Å²) in [6.07, 6.45) is 0. The fourth-order valence-corrected chi connectivity index (χ4v) is 3.91. The highest BCUT2D eigenvalue weighted by Gasteiger charge is 2.24. The van der Waals surface area contributed by atoms with Crippen molar-refractivity contribution in [2.75, 3.05) is 9.63 Å². The Morgan fingerprint density at radius 3 is 2.36 bits per heavy atom. The topological polar surface area (TPSA) is 63.7 Å². The van der Waals surface area contributed by atoms with E-state index in [0.29, 0.717) is 5.69 Å². The van der Waals surface area contributed by atoms with Crippen molar-refractivity contribution in [1.82, 2.24) is 0 Å². The first-order valence-electron chi connectivity index (χ1n) is 6.32. The van der Waals surface area contributed by atoms with Crippen LogP contribution in [-0.2, 0) is 14.8 Å². The molecule has 0 aliphatic carbocycles. The number of hydrogen-bond acceptors (Lipinski definition) is 4. The quantitative estimate of drug-likeness (QED) is 0.423. The molecule has 2 aromatic carbocycles. The Balaban J connectivity index is 2.41. The molecule has 0 unspecified atom stereocenters. The number of carbonyl (C=O) groups is 1. The minimum absolute atomic E-state index is 0.0328. The maximum atomic E-state index is 12.6. The van der Waals surface area contributed by atoms with Crippen molar-refractivity contribution < 1.29 is 17.9 Å². The summed E-state index contributed by atoms with van der Waals surface area (Å²) in [6.45, 7) is 1.93. The van der Waals surface area contributed by atoms with Gasteiger partial charge in [-0.3, -0.25) is 0 Å². The molecular weight excluding hydrogens is 417 g/mol. The lowest BCUT2D eigenvalue weighted by Crippen LogP contribution is -2.21. The highest BCUT2D eigenvalue weighted by atomic mass is 127. The number of sulfonamides is 1. The van der Waals surface area contributed by atoms with E-state index in [4.69, 9.17) is 0 Å². The second-order valence-corrected chi connectivity index (χ2v) is 7.98. The molecule has 0 aromatic heterocycles. The van der Waals surface area contributed by atoms with Gasteiger partial charge in [0.05, 0.1) is 46.1 Å². The number of nitrogens with zero attached hydrogens (tertiary/aromatic N) is 1.